The van der Waals surface area contributed by atoms with Gasteiger partial charge in [-0.1, -0.05) is 17.7 Å². The van der Waals surface area contributed by atoms with Crippen LogP contribution in [0.3, 0.4) is 0 Å². The Hall–Kier alpha value is -2.14. The van der Waals surface area contributed by atoms with Crippen LogP contribution in [0.2, 0.25) is 5.02 Å². The molecular formula is C12H10ClN3O2. The van der Waals surface area contributed by atoms with Crippen LogP contribution in [0.25, 0.3) is 0 Å². The van der Waals surface area contributed by atoms with E-state index < -0.39 is 5.97 Å². The fourth-order valence-electron chi connectivity index (χ4n) is 1.39. The van der Waals surface area contributed by atoms with Crippen LogP contribution in [0.1, 0.15) is 16.1 Å². The molecule has 6 heteroatoms. The Kier molecular flexibility index (Phi) is 3.43. The summed E-state index contributed by atoms with van der Waals surface area (Å²) in [4.78, 5) is 10.6. The summed E-state index contributed by atoms with van der Waals surface area (Å²) in [5, 5.41) is 19.6. The van der Waals surface area contributed by atoms with Gasteiger partial charge in [-0.2, -0.15) is 0 Å². The minimum atomic E-state index is -1.11. The molecule has 0 spiro atoms. The maximum absolute atomic E-state index is 10.6. The van der Waals surface area contributed by atoms with Crippen molar-refractivity contribution in [2.75, 3.05) is 5.32 Å². The quantitative estimate of drug-likeness (QED) is 0.891. The number of aryl methyl sites for hydroxylation is 1. The van der Waals surface area contributed by atoms with Gasteiger partial charge in [-0.15, -0.1) is 10.2 Å². The molecule has 0 saturated carbocycles. The van der Waals surface area contributed by atoms with E-state index in [9.17, 15) is 4.79 Å². The van der Waals surface area contributed by atoms with Crippen molar-refractivity contribution < 1.29 is 9.90 Å². The zero-order valence-corrected chi connectivity index (χ0v) is 10.3. The number of anilines is 2. The van der Waals surface area contributed by atoms with Gasteiger partial charge in [0.1, 0.15) is 0 Å². The molecular weight excluding hydrogens is 254 g/mol. The zero-order valence-electron chi connectivity index (χ0n) is 9.51. The lowest BCUT2D eigenvalue weighted by Gasteiger charge is -2.07. The molecule has 1 aromatic carbocycles. The molecule has 0 bridgehead atoms. The van der Waals surface area contributed by atoms with Crippen molar-refractivity contribution in [1.82, 2.24) is 10.2 Å². The Morgan fingerprint density at radius 3 is 2.67 bits per heavy atom. The van der Waals surface area contributed by atoms with Crippen molar-refractivity contribution in [3.05, 3.63) is 46.6 Å². The molecule has 5 nitrogen and oxygen atoms in total. The molecule has 0 atom stereocenters. The average Bonchev–Trinajstić information content (AvgIpc) is 2.34. The maximum atomic E-state index is 10.6. The van der Waals surface area contributed by atoms with E-state index in [2.05, 4.69) is 15.5 Å². The van der Waals surface area contributed by atoms with Crippen LogP contribution in [0, 0.1) is 6.92 Å². The van der Waals surface area contributed by atoms with Crippen LogP contribution in [0.4, 0.5) is 11.5 Å². The molecule has 0 fully saturated rings. The second-order valence-electron chi connectivity index (χ2n) is 3.72. The Morgan fingerprint density at radius 1 is 1.28 bits per heavy atom. The second-order valence-corrected chi connectivity index (χ2v) is 4.12. The predicted molar refractivity (Wildman–Crippen MR) is 68.5 cm³/mol. The first-order valence-corrected chi connectivity index (χ1v) is 5.54. The van der Waals surface area contributed by atoms with E-state index in [4.69, 9.17) is 16.7 Å². The second kappa shape index (κ2) is 5.01. The first-order valence-electron chi connectivity index (χ1n) is 5.16. The molecule has 92 valence electrons. The molecule has 1 heterocycles. The number of rotatable bonds is 3. The largest absolute Gasteiger partial charge is 0.476 e. The molecule has 0 aliphatic carbocycles. The molecule has 0 aliphatic rings. The van der Waals surface area contributed by atoms with Gasteiger partial charge in [-0.3, -0.25) is 0 Å². The van der Waals surface area contributed by atoms with E-state index in [1.807, 2.05) is 19.1 Å². The zero-order chi connectivity index (χ0) is 13.1. The lowest BCUT2D eigenvalue weighted by Crippen LogP contribution is -2.03. The summed E-state index contributed by atoms with van der Waals surface area (Å²) in [5.41, 5.74) is 1.65. The minimum Gasteiger partial charge on any atom is -0.476 e. The third-order valence-electron chi connectivity index (χ3n) is 2.27. The van der Waals surface area contributed by atoms with E-state index in [0.29, 0.717) is 16.5 Å². The summed E-state index contributed by atoms with van der Waals surface area (Å²) in [6.07, 6.45) is 0. The molecule has 0 aliphatic heterocycles. The van der Waals surface area contributed by atoms with Crippen LogP contribution < -0.4 is 5.32 Å². The summed E-state index contributed by atoms with van der Waals surface area (Å²) in [6.45, 7) is 1.95. The van der Waals surface area contributed by atoms with Gasteiger partial charge in [0.25, 0.3) is 0 Å². The summed E-state index contributed by atoms with van der Waals surface area (Å²) < 4.78 is 0. The van der Waals surface area contributed by atoms with E-state index in [0.717, 1.165) is 5.56 Å². The number of hydrogen-bond acceptors (Lipinski definition) is 4. The highest BCUT2D eigenvalue weighted by atomic mass is 35.5. The number of benzene rings is 1. The molecule has 0 radical (unpaired) electrons. The number of aromatic nitrogens is 2. The highest BCUT2D eigenvalue weighted by Crippen LogP contribution is 2.25. The number of nitrogens with zero attached hydrogens (tertiary/aromatic N) is 2. The molecule has 2 aromatic rings. The number of hydrogen-bond donors (Lipinski definition) is 2. The summed E-state index contributed by atoms with van der Waals surface area (Å²) in [7, 11) is 0. The van der Waals surface area contributed by atoms with Gasteiger partial charge in [0.15, 0.2) is 11.5 Å². The Morgan fingerprint density at radius 2 is 2.06 bits per heavy atom. The Labute approximate surface area is 108 Å². The topological polar surface area (TPSA) is 75.1 Å². The van der Waals surface area contributed by atoms with Crippen LogP contribution in [0.5, 0.6) is 0 Å². The summed E-state index contributed by atoms with van der Waals surface area (Å²) in [5.74, 6) is -0.671. The first-order chi connectivity index (χ1) is 8.56. The SMILES string of the molecule is Cc1ccc(Cl)c(Nc2ccc(C(=O)O)nn2)c1. The van der Waals surface area contributed by atoms with Crippen molar-refractivity contribution in [3.63, 3.8) is 0 Å². The Bertz CT molecular complexity index is 584. The van der Waals surface area contributed by atoms with E-state index in [1.165, 1.54) is 12.1 Å². The lowest BCUT2D eigenvalue weighted by atomic mass is 10.2. The summed E-state index contributed by atoms with van der Waals surface area (Å²) in [6, 6.07) is 8.45. The Balaban J connectivity index is 2.23. The van der Waals surface area contributed by atoms with Gasteiger partial charge < -0.3 is 10.4 Å². The van der Waals surface area contributed by atoms with Gasteiger partial charge >= 0.3 is 5.97 Å². The van der Waals surface area contributed by atoms with Gasteiger partial charge in [0, 0.05) is 0 Å². The minimum absolute atomic E-state index is 0.101. The van der Waals surface area contributed by atoms with Gasteiger partial charge in [0.2, 0.25) is 0 Å². The fourth-order valence-corrected chi connectivity index (χ4v) is 1.55. The van der Waals surface area contributed by atoms with Crippen molar-refractivity contribution in [2.45, 2.75) is 6.92 Å². The van der Waals surface area contributed by atoms with Crippen LogP contribution in [-0.2, 0) is 0 Å². The molecule has 2 N–H and O–H groups in total. The molecule has 0 saturated heterocycles. The van der Waals surface area contributed by atoms with Gasteiger partial charge in [-0.25, -0.2) is 4.79 Å². The third kappa shape index (κ3) is 2.75. The number of carboxylic acid groups (broad SMARTS) is 1. The summed E-state index contributed by atoms with van der Waals surface area (Å²) >= 11 is 6.02. The highest BCUT2D eigenvalue weighted by molar-refractivity contribution is 6.33. The smallest absolute Gasteiger partial charge is 0.356 e. The molecule has 2 rings (SSSR count). The standard InChI is InChI=1S/C12H10ClN3O2/c1-7-2-3-8(13)10(6-7)14-11-5-4-9(12(17)18)15-16-11/h2-6H,1H3,(H,14,16)(H,17,18). The van der Waals surface area contributed by atoms with Gasteiger partial charge in [0.05, 0.1) is 10.7 Å². The number of carbonyl (C=O) groups is 1. The highest BCUT2D eigenvalue weighted by Gasteiger charge is 2.06. The number of carboxylic acids is 1. The van der Waals surface area contributed by atoms with Crippen molar-refractivity contribution >= 4 is 29.1 Å². The fraction of sp³-hybridized carbons (Fsp3) is 0.0833. The monoisotopic (exact) mass is 263 g/mol. The number of nitrogens with one attached hydrogen (secondary N) is 1. The number of halogens is 1. The van der Waals surface area contributed by atoms with Crippen molar-refractivity contribution in [2.24, 2.45) is 0 Å². The maximum Gasteiger partial charge on any atom is 0.356 e. The van der Waals surface area contributed by atoms with Crippen molar-refractivity contribution in [1.29, 1.82) is 0 Å². The normalized spacial score (nSPS) is 10.1. The van der Waals surface area contributed by atoms with Crippen molar-refractivity contribution in [3.8, 4) is 0 Å². The molecule has 1 aromatic heterocycles. The third-order valence-corrected chi connectivity index (χ3v) is 2.60. The molecule has 0 amide bonds. The molecule has 18 heavy (non-hydrogen) atoms. The van der Waals surface area contributed by atoms with Gasteiger partial charge in [-0.05, 0) is 36.8 Å². The number of aromatic carboxylic acids is 1. The van der Waals surface area contributed by atoms with Crippen LogP contribution >= 0.6 is 11.6 Å². The molecule has 0 unspecified atom stereocenters. The van der Waals surface area contributed by atoms with E-state index in [-0.39, 0.29) is 5.69 Å². The van der Waals surface area contributed by atoms with E-state index in [1.54, 1.807) is 6.07 Å². The lowest BCUT2D eigenvalue weighted by molar-refractivity contribution is 0.0689. The van der Waals surface area contributed by atoms with Crippen LogP contribution in [-0.4, -0.2) is 21.3 Å². The van der Waals surface area contributed by atoms with E-state index >= 15 is 0 Å². The van der Waals surface area contributed by atoms with Crippen LogP contribution in [0.15, 0.2) is 30.3 Å². The first kappa shape index (κ1) is 12.3. The predicted octanol–water partition coefficient (Wildman–Crippen LogP) is 2.88. The average molecular weight is 264 g/mol.